The maximum Gasteiger partial charge on any atom is 0.248 e. The molecule has 0 bridgehead atoms. The zero-order valence-corrected chi connectivity index (χ0v) is 14.5. The van der Waals surface area contributed by atoms with Crippen LogP contribution in [0.3, 0.4) is 0 Å². The molecular formula is C14H23N3O5S. The first-order valence-corrected chi connectivity index (χ1v) is 9.01. The summed E-state index contributed by atoms with van der Waals surface area (Å²) in [7, 11) is -2.14. The van der Waals surface area contributed by atoms with Gasteiger partial charge in [0.2, 0.25) is 15.9 Å². The maximum atomic E-state index is 12.8. The van der Waals surface area contributed by atoms with Crippen molar-refractivity contribution in [3.8, 4) is 0 Å². The average molecular weight is 345 g/mol. The number of methoxy groups -OCH3 is 1. The molecule has 0 spiro atoms. The van der Waals surface area contributed by atoms with Gasteiger partial charge in [-0.15, -0.1) is 0 Å². The van der Waals surface area contributed by atoms with Gasteiger partial charge in [-0.1, -0.05) is 5.16 Å². The number of nitrogens with zero attached hydrogens (tertiary/aromatic N) is 2. The van der Waals surface area contributed by atoms with Gasteiger partial charge in [0.25, 0.3) is 0 Å². The normalized spacial score (nSPS) is 19.7. The largest absolute Gasteiger partial charge is 0.383 e. The number of hydrogen-bond acceptors (Lipinski definition) is 6. The molecule has 1 amide bonds. The Morgan fingerprint density at radius 2 is 2.22 bits per heavy atom. The second kappa shape index (κ2) is 7.41. The molecule has 1 unspecified atom stereocenters. The molecular weight excluding hydrogens is 322 g/mol. The van der Waals surface area contributed by atoms with Gasteiger partial charge in [0, 0.05) is 26.7 Å². The number of carbonyl (C=O) groups is 1. The van der Waals surface area contributed by atoms with Crippen molar-refractivity contribution in [3.05, 3.63) is 11.5 Å². The summed E-state index contributed by atoms with van der Waals surface area (Å²) in [5.74, 6) is -0.217. The summed E-state index contributed by atoms with van der Waals surface area (Å²) in [6, 6.07) is 0. The third-order valence-electron chi connectivity index (χ3n) is 3.93. The summed E-state index contributed by atoms with van der Waals surface area (Å²) in [4.78, 5) is 12.3. The van der Waals surface area contributed by atoms with Crippen LogP contribution in [0.25, 0.3) is 0 Å². The van der Waals surface area contributed by atoms with E-state index in [0.29, 0.717) is 38.2 Å². The number of hydrogen-bond donors (Lipinski definition) is 1. The third kappa shape index (κ3) is 3.91. The van der Waals surface area contributed by atoms with E-state index in [1.807, 2.05) is 0 Å². The number of rotatable bonds is 6. The fraction of sp³-hybridized carbons (Fsp3) is 0.714. The molecule has 8 nitrogen and oxygen atoms in total. The summed E-state index contributed by atoms with van der Waals surface area (Å²) in [5.41, 5.74) is 0.342. The predicted molar refractivity (Wildman–Crippen MR) is 82.3 cm³/mol. The van der Waals surface area contributed by atoms with Crippen LogP contribution in [0.5, 0.6) is 0 Å². The van der Waals surface area contributed by atoms with Crippen LogP contribution in [0.15, 0.2) is 9.42 Å². The van der Waals surface area contributed by atoms with Crippen LogP contribution in [0.1, 0.15) is 24.3 Å². The molecule has 2 heterocycles. The fourth-order valence-corrected chi connectivity index (χ4v) is 4.58. The number of ether oxygens (including phenoxy) is 1. The molecule has 1 aliphatic heterocycles. The number of sulfonamides is 1. The molecule has 1 saturated heterocycles. The van der Waals surface area contributed by atoms with Crippen molar-refractivity contribution in [1.29, 1.82) is 0 Å². The third-order valence-corrected chi connectivity index (χ3v) is 6.04. The smallest absolute Gasteiger partial charge is 0.248 e. The van der Waals surface area contributed by atoms with Crippen molar-refractivity contribution in [2.45, 2.75) is 31.6 Å². The Balaban J connectivity index is 2.10. The van der Waals surface area contributed by atoms with E-state index in [0.717, 1.165) is 0 Å². The van der Waals surface area contributed by atoms with Crippen molar-refractivity contribution < 1.29 is 22.5 Å². The lowest BCUT2D eigenvalue weighted by molar-refractivity contribution is -0.126. The van der Waals surface area contributed by atoms with Crippen molar-refractivity contribution in [2.24, 2.45) is 5.92 Å². The van der Waals surface area contributed by atoms with Crippen LogP contribution in [-0.2, 0) is 19.6 Å². The zero-order chi connectivity index (χ0) is 17.0. The number of aryl methyl sites for hydroxylation is 2. The Morgan fingerprint density at radius 3 is 2.83 bits per heavy atom. The first-order chi connectivity index (χ1) is 10.9. The minimum Gasteiger partial charge on any atom is -0.383 e. The lowest BCUT2D eigenvalue weighted by Gasteiger charge is -2.31. The fourth-order valence-electron chi connectivity index (χ4n) is 2.77. The highest BCUT2D eigenvalue weighted by atomic mass is 32.2. The summed E-state index contributed by atoms with van der Waals surface area (Å²) in [6.07, 6.45) is 1.32. The van der Waals surface area contributed by atoms with E-state index in [-0.39, 0.29) is 29.0 Å². The molecule has 0 aliphatic carbocycles. The van der Waals surface area contributed by atoms with Crippen LogP contribution in [0, 0.1) is 19.8 Å². The van der Waals surface area contributed by atoms with E-state index in [9.17, 15) is 13.2 Å². The van der Waals surface area contributed by atoms with E-state index < -0.39 is 10.0 Å². The summed E-state index contributed by atoms with van der Waals surface area (Å²) in [6.45, 7) is 4.59. The molecule has 1 atom stereocenters. The monoisotopic (exact) mass is 345 g/mol. The van der Waals surface area contributed by atoms with Crippen LogP contribution in [-0.4, -0.2) is 57.1 Å². The Morgan fingerprint density at radius 1 is 1.48 bits per heavy atom. The molecule has 1 aromatic rings. The van der Waals surface area contributed by atoms with Crippen molar-refractivity contribution in [2.75, 3.05) is 33.4 Å². The van der Waals surface area contributed by atoms with Gasteiger partial charge < -0.3 is 14.6 Å². The van der Waals surface area contributed by atoms with Gasteiger partial charge in [-0.3, -0.25) is 4.79 Å². The molecule has 1 aromatic heterocycles. The lowest BCUT2D eigenvalue weighted by Crippen LogP contribution is -2.46. The summed E-state index contributed by atoms with van der Waals surface area (Å²) < 4.78 is 36.8. The van der Waals surface area contributed by atoms with E-state index in [2.05, 4.69) is 10.5 Å². The number of carbonyl (C=O) groups excluding carboxylic acids is 1. The molecule has 1 aliphatic rings. The highest BCUT2D eigenvalue weighted by Crippen LogP contribution is 2.27. The summed E-state index contributed by atoms with van der Waals surface area (Å²) in [5, 5.41) is 6.47. The van der Waals surface area contributed by atoms with Crippen LogP contribution in [0.4, 0.5) is 0 Å². The van der Waals surface area contributed by atoms with Gasteiger partial charge in [-0.05, 0) is 26.7 Å². The standard InChI is InChI=1S/C14H23N3O5S/c1-10-13(11(2)22-16-10)23(19,20)17-7-4-5-12(9-17)14(18)15-6-8-21-3/h12H,4-9H2,1-3H3,(H,15,18). The SMILES string of the molecule is COCCNC(=O)C1CCCN(S(=O)(=O)c2c(C)noc2C)C1. The van der Waals surface area contributed by atoms with Crippen molar-refractivity contribution in [3.63, 3.8) is 0 Å². The molecule has 0 aromatic carbocycles. The topological polar surface area (TPSA) is 102 Å². The molecule has 1 fully saturated rings. The Kier molecular flexibility index (Phi) is 5.77. The number of amides is 1. The predicted octanol–water partition coefficient (Wildman–Crippen LogP) is 0.455. The molecule has 130 valence electrons. The highest BCUT2D eigenvalue weighted by Gasteiger charge is 2.36. The minimum absolute atomic E-state index is 0.109. The Bertz CT molecular complexity index is 636. The zero-order valence-electron chi connectivity index (χ0n) is 13.7. The molecule has 2 rings (SSSR count). The molecule has 0 saturated carbocycles. The van der Waals surface area contributed by atoms with Gasteiger partial charge in [0.05, 0.1) is 12.5 Å². The lowest BCUT2D eigenvalue weighted by atomic mass is 9.99. The van der Waals surface area contributed by atoms with Gasteiger partial charge in [-0.25, -0.2) is 8.42 Å². The van der Waals surface area contributed by atoms with Crippen LogP contribution in [0.2, 0.25) is 0 Å². The van der Waals surface area contributed by atoms with Gasteiger partial charge >= 0.3 is 0 Å². The Labute approximate surface area is 136 Å². The minimum atomic E-state index is -3.70. The van der Waals surface area contributed by atoms with Gasteiger partial charge in [-0.2, -0.15) is 4.31 Å². The first kappa shape index (κ1) is 17.9. The first-order valence-electron chi connectivity index (χ1n) is 7.57. The maximum absolute atomic E-state index is 12.8. The van der Waals surface area contributed by atoms with E-state index in [1.54, 1.807) is 21.0 Å². The van der Waals surface area contributed by atoms with E-state index >= 15 is 0 Å². The van der Waals surface area contributed by atoms with Crippen LogP contribution < -0.4 is 5.32 Å². The number of piperidine rings is 1. The van der Waals surface area contributed by atoms with Crippen molar-refractivity contribution in [1.82, 2.24) is 14.8 Å². The van der Waals surface area contributed by atoms with E-state index in [1.165, 1.54) is 4.31 Å². The molecule has 9 heteroatoms. The van der Waals surface area contributed by atoms with Crippen molar-refractivity contribution >= 4 is 15.9 Å². The van der Waals surface area contributed by atoms with Crippen LogP contribution >= 0.6 is 0 Å². The number of aromatic nitrogens is 1. The molecule has 23 heavy (non-hydrogen) atoms. The summed E-state index contributed by atoms with van der Waals surface area (Å²) >= 11 is 0. The second-order valence-electron chi connectivity index (χ2n) is 5.64. The highest BCUT2D eigenvalue weighted by molar-refractivity contribution is 7.89. The van der Waals surface area contributed by atoms with Gasteiger partial charge in [0.1, 0.15) is 10.6 Å². The van der Waals surface area contributed by atoms with Gasteiger partial charge in [0.15, 0.2) is 5.76 Å². The number of nitrogens with one attached hydrogen (secondary N) is 1. The molecule has 1 N–H and O–H groups in total. The average Bonchev–Trinajstić information content (AvgIpc) is 2.87. The second-order valence-corrected chi connectivity index (χ2v) is 7.51. The quantitative estimate of drug-likeness (QED) is 0.751. The van der Waals surface area contributed by atoms with E-state index in [4.69, 9.17) is 9.26 Å². The molecule has 0 radical (unpaired) electrons. The Hall–Kier alpha value is -1.45.